The van der Waals surface area contributed by atoms with E-state index in [2.05, 4.69) is 22.1 Å². The Labute approximate surface area is 147 Å². The van der Waals surface area contributed by atoms with Crippen molar-refractivity contribution in [3.8, 4) is 0 Å². The summed E-state index contributed by atoms with van der Waals surface area (Å²) >= 11 is 3.11. The van der Waals surface area contributed by atoms with E-state index in [0.29, 0.717) is 10.2 Å². The van der Waals surface area contributed by atoms with E-state index >= 15 is 0 Å². The zero-order valence-corrected chi connectivity index (χ0v) is 14.7. The van der Waals surface area contributed by atoms with Crippen LogP contribution in [0.15, 0.2) is 40.5 Å². The van der Waals surface area contributed by atoms with E-state index in [4.69, 9.17) is 4.74 Å². The molecule has 3 aromatic rings. The molecule has 0 saturated carbocycles. The summed E-state index contributed by atoms with van der Waals surface area (Å²) < 4.78 is 4.88. The number of H-pyrrole nitrogens is 1. The van der Waals surface area contributed by atoms with Crippen molar-refractivity contribution in [3.05, 3.63) is 63.0 Å². The first-order valence-corrected chi connectivity index (χ1v) is 9.51. The average Bonchev–Trinajstić information content (AvgIpc) is 3.00. The highest BCUT2D eigenvalue weighted by atomic mass is 32.2. The van der Waals surface area contributed by atoms with Gasteiger partial charge in [0.2, 0.25) is 5.82 Å². The van der Waals surface area contributed by atoms with Crippen LogP contribution in [-0.2, 0) is 16.2 Å². The van der Waals surface area contributed by atoms with Crippen LogP contribution in [0.3, 0.4) is 0 Å². The lowest BCUT2D eigenvalue weighted by Gasteiger charge is -2.02. The molecule has 5 nitrogen and oxygen atoms in total. The number of benzene rings is 1. The van der Waals surface area contributed by atoms with Crippen molar-refractivity contribution in [2.75, 3.05) is 6.61 Å². The van der Waals surface area contributed by atoms with E-state index < -0.39 is 5.97 Å². The van der Waals surface area contributed by atoms with E-state index in [1.165, 1.54) is 16.9 Å². The minimum Gasteiger partial charge on any atom is -0.460 e. The number of ether oxygens (including phenoxy) is 1. The summed E-state index contributed by atoms with van der Waals surface area (Å²) in [5.41, 5.74) is 1.90. The van der Waals surface area contributed by atoms with Gasteiger partial charge in [-0.05, 0) is 23.4 Å². The molecule has 124 valence electrons. The molecule has 24 heavy (non-hydrogen) atoms. The number of aromatic amines is 1. The highest BCUT2D eigenvalue weighted by Gasteiger charge is 2.16. The minimum atomic E-state index is -0.607. The van der Waals surface area contributed by atoms with Gasteiger partial charge in [0.05, 0.1) is 12.0 Å². The fourth-order valence-corrected chi connectivity index (χ4v) is 4.29. The first kappa shape index (κ1) is 16.7. The minimum absolute atomic E-state index is 0.0420. The highest BCUT2D eigenvalue weighted by molar-refractivity contribution is 7.97. The molecule has 0 radical (unpaired) electrons. The summed E-state index contributed by atoms with van der Waals surface area (Å²) in [6.45, 7) is 1.95. The van der Waals surface area contributed by atoms with Gasteiger partial charge in [-0.15, -0.1) is 11.3 Å². The topological polar surface area (TPSA) is 72.0 Å². The lowest BCUT2D eigenvalue weighted by Crippen LogP contribution is -2.17. The lowest BCUT2D eigenvalue weighted by molar-refractivity contribution is 0.0512. The summed E-state index contributed by atoms with van der Waals surface area (Å²) in [6, 6.07) is 10.2. The molecule has 0 aliphatic carbocycles. The first-order valence-electron chi connectivity index (χ1n) is 7.48. The largest absolute Gasteiger partial charge is 0.460 e. The van der Waals surface area contributed by atoms with Gasteiger partial charge in [0.1, 0.15) is 4.83 Å². The van der Waals surface area contributed by atoms with E-state index in [1.807, 2.05) is 23.6 Å². The van der Waals surface area contributed by atoms with E-state index in [9.17, 15) is 9.59 Å². The fraction of sp³-hybridized carbons (Fsp3) is 0.235. The quantitative estimate of drug-likeness (QED) is 0.680. The van der Waals surface area contributed by atoms with Crippen molar-refractivity contribution < 1.29 is 9.53 Å². The summed E-state index contributed by atoms with van der Waals surface area (Å²) in [7, 11) is 0. The van der Waals surface area contributed by atoms with Crippen LogP contribution < -0.4 is 5.56 Å². The second-order valence-electron chi connectivity index (χ2n) is 5.05. The molecule has 0 aliphatic rings. The Bertz CT molecular complexity index is 903. The number of esters is 1. The molecule has 1 N–H and O–H groups in total. The molecule has 1 aromatic carbocycles. The van der Waals surface area contributed by atoms with Crippen LogP contribution in [0, 0.1) is 0 Å². The Morgan fingerprint density at radius 1 is 1.29 bits per heavy atom. The van der Waals surface area contributed by atoms with Gasteiger partial charge in [0.25, 0.3) is 5.56 Å². The van der Waals surface area contributed by atoms with Crippen molar-refractivity contribution >= 4 is 39.3 Å². The molecule has 7 heteroatoms. The Hall–Kier alpha value is -2.12. The predicted molar refractivity (Wildman–Crippen MR) is 97.6 cm³/mol. The van der Waals surface area contributed by atoms with Crippen molar-refractivity contribution in [1.29, 1.82) is 0 Å². The Balaban J connectivity index is 1.78. The van der Waals surface area contributed by atoms with Gasteiger partial charge in [-0.1, -0.05) is 30.3 Å². The molecule has 0 atom stereocenters. The SMILES string of the molecule is CCOC(=O)c1nc2scc(CSCc3ccccc3)c2c(=O)[nH]1. The molecule has 2 aromatic heterocycles. The number of hydrogen-bond donors (Lipinski definition) is 1. The number of carbonyl (C=O) groups is 1. The van der Waals surface area contributed by atoms with Gasteiger partial charge in [-0.2, -0.15) is 11.8 Å². The average molecular weight is 360 g/mol. The highest BCUT2D eigenvalue weighted by Crippen LogP contribution is 2.26. The third-order valence-corrected chi connectivity index (χ3v) is 5.33. The summed E-state index contributed by atoms with van der Waals surface area (Å²) in [5, 5.41) is 2.49. The number of aromatic nitrogens is 2. The normalized spacial score (nSPS) is 10.9. The molecule has 0 saturated heterocycles. The van der Waals surface area contributed by atoms with Gasteiger partial charge < -0.3 is 9.72 Å². The van der Waals surface area contributed by atoms with Crippen LogP contribution in [0.1, 0.15) is 28.7 Å². The Kier molecular flexibility index (Phi) is 5.32. The molecule has 2 heterocycles. The molecule has 0 spiro atoms. The zero-order valence-electron chi connectivity index (χ0n) is 13.1. The van der Waals surface area contributed by atoms with Gasteiger partial charge in [0, 0.05) is 11.5 Å². The molecule has 0 aliphatic heterocycles. The van der Waals surface area contributed by atoms with E-state index in [0.717, 1.165) is 17.1 Å². The second kappa shape index (κ2) is 7.63. The molecule has 0 bridgehead atoms. The number of rotatable bonds is 6. The van der Waals surface area contributed by atoms with E-state index in [1.54, 1.807) is 18.7 Å². The smallest absolute Gasteiger partial charge is 0.374 e. The van der Waals surface area contributed by atoms with Gasteiger partial charge in [0.15, 0.2) is 0 Å². The number of hydrogen-bond acceptors (Lipinski definition) is 6. The van der Waals surface area contributed by atoms with E-state index in [-0.39, 0.29) is 18.0 Å². The van der Waals surface area contributed by atoms with Gasteiger partial charge in [-0.25, -0.2) is 9.78 Å². The molecule has 0 amide bonds. The van der Waals surface area contributed by atoms with Crippen LogP contribution in [0.2, 0.25) is 0 Å². The third-order valence-electron chi connectivity index (χ3n) is 3.36. The van der Waals surface area contributed by atoms with Crippen molar-refractivity contribution in [2.24, 2.45) is 0 Å². The van der Waals surface area contributed by atoms with Crippen LogP contribution in [0.25, 0.3) is 10.2 Å². The summed E-state index contributed by atoms with van der Waals surface area (Å²) in [6.07, 6.45) is 0. The van der Waals surface area contributed by atoms with Gasteiger partial charge >= 0.3 is 5.97 Å². The number of carbonyl (C=O) groups excluding carboxylic acids is 1. The van der Waals surface area contributed by atoms with Crippen LogP contribution in [0.5, 0.6) is 0 Å². The molecule has 0 fully saturated rings. The number of thioether (sulfide) groups is 1. The molecular weight excluding hydrogens is 344 g/mol. The molecular formula is C17H16N2O3S2. The van der Waals surface area contributed by atoms with Crippen molar-refractivity contribution in [2.45, 2.75) is 18.4 Å². The number of nitrogens with one attached hydrogen (secondary N) is 1. The zero-order chi connectivity index (χ0) is 16.9. The fourth-order valence-electron chi connectivity index (χ4n) is 2.26. The van der Waals surface area contributed by atoms with Crippen LogP contribution in [-0.4, -0.2) is 22.5 Å². The Morgan fingerprint density at radius 3 is 2.83 bits per heavy atom. The van der Waals surface area contributed by atoms with Crippen molar-refractivity contribution in [3.63, 3.8) is 0 Å². The first-order chi connectivity index (χ1) is 11.7. The van der Waals surface area contributed by atoms with Crippen LogP contribution in [0.4, 0.5) is 0 Å². The van der Waals surface area contributed by atoms with Crippen molar-refractivity contribution in [1.82, 2.24) is 9.97 Å². The predicted octanol–water partition coefficient (Wildman–Crippen LogP) is 3.59. The number of thiophene rings is 1. The summed E-state index contributed by atoms with van der Waals surface area (Å²) in [5.74, 6) is 0.952. The number of fused-ring (bicyclic) bond motifs is 1. The summed E-state index contributed by atoms with van der Waals surface area (Å²) in [4.78, 5) is 31.4. The third kappa shape index (κ3) is 3.68. The molecule has 0 unspecified atom stereocenters. The molecule has 3 rings (SSSR count). The Morgan fingerprint density at radius 2 is 2.08 bits per heavy atom. The monoisotopic (exact) mass is 360 g/mol. The van der Waals surface area contributed by atoms with Crippen LogP contribution >= 0.6 is 23.1 Å². The maximum Gasteiger partial charge on any atom is 0.374 e. The standard InChI is InChI=1S/C17H16N2O3S2/c1-2-22-17(21)14-18-15(20)13-12(10-24-16(13)19-14)9-23-8-11-6-4-3-5-7-11/h3-7,10H,2,8-9H2,1H3,(H,18,19,20). The number of nitrogens with zero attached hydrogens (tertiary/aromatic N) is 1. The maximum absolute atomic E-state index is 12.3. The lowest BCUT2D eigenvalue weighted by atomic mass is 10.2. The maximum atomic E-state index is 12.3. The second-order valence-corrected chi connectivity index (χ2v) is 6.90. The van der Waals surface area contributed by atoms with Gasteiger partial charge in [-0.3, -0.25) is 4.79 Å².